The third kappa shape index (κ3) is 28.7. The lowest BCUT2D eigenvalue weighted by Gasteiger charge is -2.29. The number of nitrogens with one attached hydrogen (secondary N) is 9. The Bertz CT molecular complexity index is 2290. The number of alkyl carbamates (subject to hydrolysis) is 2. The minimum atomic E-state index is -1.43. The largest absolute Gasteiger partial charge is 0.462 e. The number of hydrogen-bond donors (Lipinski definition) is 9. The topological polar surface area (TPSA) is 316 Å². The van der Waals surface area contributed by atoms with E-state index in [1.54, 1.807) is 45.0 Å². The van der Waals surface area contributed by atoms with Crippen LogP contribution in [0.4, 0.5) is 9.59 Å². The molecule has 1 aromatic carbocycles. The van der Waals surface area contributed by atoms with E-state index in [-0.39, 0.29) is 75.5 Å². The van der Waals surface area contributed by atoms with E-state index in [1.807, 2.05) is 41.5 Å². The van der Waals surface area contributed by atoms with Gasteiger partial charge in [-0.05, 0) is 148 Å². The van der Waals surface area contributed by atoms with Gasteiger partial charge in [-0.3, -0.25) is 33.6 Å². The maximum Gasteiger partial charge on any atom is 0.408 e. The van der Waals surface area contributed by atoms with E-state index in [9.17, 15) is 47.9 Å². The van der Waals surface area contributed by atoms with Crippen molar-refractivity contribution in [2.45, 2.75) is 239 Å². The van der Waals surface area contributed by atoms with Crippen molar-refractivity contribution in [1.82, 2.24) is 47.9 Å². The molecule has 1 aliphatic carbocycles. The molecule has 0 spiro atoms. The molecule has 3 rings (SSSR count). The highest BCUT2D eigenvalue weighted by atomic mass is 35.5. The van der Waals surface area contributed by atoms with Crippen LogP contribution in [0.15, 0.2) is 24.3 Å². The summed E-state index contributed by atoms with van der Waals surface area (Å²) in [5.74, 6) is -6.06. The van der Waals surface area contributed by atoms with Crippen LogP contribution >= 0.6 is 11.6 Å². The number of piperidine rings is 1. The summed E-state index contributed by atoms with van der Waals surface area (Å²) < 4.78 is 22.1. The highest BCUT2D eigenvalue weighted by Crippen LogP contribution is 2.22. The number of hydrogen-bond acceptors (Lipinski definition) is 15. The SMILES string of the molecule is CC(C)C[C@H](NC(=O)[C@H](C)NC(=O)OC(C)(C)C)C(=O)N[C@@H](C)C(=O)N[C@@H](CCC(=O)OC1CCCCC1)C(=O)N[C@@H](CC(C)C)C(=O)N[C@@H](CC(C)C)C(=O)N[C@@H](CCCCNC(=O)OCc1ccccc1Cl)C(=O)OC1CCCNC1. The van der Waals surface area contributed by atoms with Gasteiger partial charge in [-0.15, -0.1) is 0 Å². The summed E-state index contributed by atoms with van der Waals surface area (Å²) in [6.07, 6.45) is 4.32. The first kappa shape index (κ1) is 71.0. The fourth-order valence-corrected chi connectivity index (χ4v) is 9.49. The van der Waals surface area contributed by atoms with Gasteiger partial charge in [0.1, 0.15) is 66.7 Å². The molecular weight excluding hydrogens is 1090 g/mol. The molecule has 1 aliphatic heterocycles. The second kappa shape index (κ2) is 36.5. The monoisotopic (exact) mass is 1190 g/mol. The summed E-state index contributed by atoms with van der Waals surface area (Å²) in [6, 6.07) is -1.50. The van der Waals surface area contributed by atoms with Gasteiger partial charge >= 0.3 is 24.1 Å². The molecule has 8 atom stereocenters. The van der Waals surface area contributed by atoms with Crippen molar-refractivity contribution in [2.24, 2.45) is 17.8 Å². The highest BCUT2D eigenvalue weighted by molar-refractivity contribution is 6.31. The zero-order chi connectivity index (χ0) is 61.8. The van der Waals surface area contributed by atoms with Crippen molar-refractivity contribution in [1.29, 1.82) is 0 Å². The Hall–Kier alpha value is -6.23. The Kier molecular flexibility index (Phi) is 31.2. The van der Waals surface area contributed by atoms with Crippen LogP contribution in [0, 0.1) is 17.8 Å². The third-order valence-electron chi connectivity index (χ3n) is 13.7. The molecular formula is C59H96ClN9O14. The molecule has 2 aliphatic rings. The molecule has 9 N–H and O–H groups in total. The van der Waals surface area contributed by atoms with Crippen LogP contribution in [0.1, 0.15) is 178 Å². The van der Waals surface area contributed by atoms with E-state index >= 15 is 0 Å². The van der Waals surface area contributed by atoms with Gasteiger partial charge in [-0.2, -0.15) is 0 Å². The van der Waals surface area contributed by atoms with Gasteiger partial charge in [0.2, 0.25) is 35.4 Å². The normalized spacial score (nSPS) is 17.2. The van der Waals surface area contributed by atoms with Gasteiger partial charge in [0.05, 0.1) is 0 Å². The van der Waals surface area contributed by atoms with Crippen LogP contribution in [-0.4, -0.2) is 139 Å². The van der Waals surface area contributed by atoms with Gasteiger partial charge in [0.25, 0.3) is 0 Å². The first-order chi connectivity index (χ1) is 39.1. The summed E-state index contributed by atoms with van der Waals surface area (Å²) in [4.78, 5) is 136. The van der Waals surface area contributed by atoms with Crippen molar-refractivity contribution in [3.8, 4) is 0 Å². The van der Waals surface area contributed by atoms with Gasteiger partial charge in [0, 0.05) is 30.1 Å². The lowest BCUT2D eigenvalue weighted by molar-refractivity contribution is -0.154. The number of carbonyl (C=O) groups excluding carboxylic acids is 10. The summed E-state index contributed by atoms with van der Waals surface area (Å²) in [6.45, 7) is 20.3. The molecule has 1 saturated heterocycles. The van der Waals surface area contributed by atoms with Gasteiger partial charge < -0.3 is 66.8 Å². The Balaban J connectivity index is 1.79. The number of ether oxygens (including phenoxy) is 4. The third-order valence-corrected chi connectivity index (χ3v) is 14.0. The summed E-state index contributed by atoms with van der Waals surface area (Å²) in [5.41, 5.74) is -0.174. The molecule has 0 bridgehead atoms. The van der Waals surface area contributed by atoms with E-state index in [1.165, 1.54) is 13.8 Å². The van der Waals surface area contributed by atoms with Crippen molar-refractivity contribution in [2.75, 3.05) is 19.6 Å². The van der Waals surface area contributed by atoms with E-state index in [0.29, 0.717) is 49.2 Å². The molecule has 23 nitrogen and oxygen atoms in total. The van der Waals surface area contributed by atoms with Crippen LogP contribution in [0.3, 0.4) is 0 Å². The van der Waals surface area contributed by atoms with Crippen molar-refractivity contribution >= 4 is 71.2 Å². The molecule has 0 radical (unpaired) electrons. The number of rotatable bonds is 32. The van der Waals surface area contributed by atoms with Crippen LogP contribution in [0.5, 0.6) is 0 Å². The first-order valence-corrected chi connectivity index (χ1v) is 30.0. The summed E-state index contributed by atoms with van der Waals surface area (Å²) >= 11 is 6.18. The minimum absolute atomic E-state index is 0.0231. The molecule has 0 aromatic heterocycles. The average Bonchev–Trinajstić information content (AvgIpc) is 3.45. The van der Waals surface area contributed by atoms with Gasteiger partial charge in [-0.1, -0.05) is 77.8 Å². The van der Waals surface area contributed by atoms with Crippen molar-refractivity contribution in [3.05, 3.63) is 34.9 Å². The van der Waals surface area contributed by atoms with E-state index < -0.39 is 114 Å². The van der Waals surface area contributed by atoms with Gasteiger partial charge in [0.15, 0.2) is 0 Å². The summed E-state index contributed by atoms with van der Waals surface area (Å²) in [7, 11) is 0. The molecule has 24 heteroatoms. The standard InChI is InChI=1S/C59H96ClN9O14/c1-35(2)30-46(67-51(72)39(8)64-58(79)83-59(9,10)11)53(74)63-38(7)50(71)65-44(26-27-49(70)81-41-21-13-12-14-22-41)52(73)68-48(32-37(5)6)55(76)69-47(31-36(3)4)54(75)66-45(56(77)82-42-23-19-28-61-33-42)25-17-18-29-62-57(78)80-34-40-20-15-16-24-43(40)60/h15-16,20,24,35-39,41-42,44-48,61H,12-14,17-19,21-23,25-34H2,1-11H3,(H,62,78)(H,63,74)(H,64,79)(H,65,71)(H,66,75)(H,67,72)(H,68,73)(H,69,76)/t38-,39-,42?,44-,45-,46-,47-,48-/m0/s1. The number of benzene rings is 1. The summed E-state index contributed by atoms with van der Waals surface area (Å²) in [5, 5.41) is 25.1. The molecule has 1 aromatic rings. The van der Waals surface area contributed by atoms with Crippen LogP contribution in [-0.2, 0) is 63.9 Å². The molecule has 83 heavy (non-hydrogen) atoms. The molecule has 1 saturated carbocycles. The maximum absolute atomic E-state index is 14.5. The van der Waals surface area contributed by atoms with Crippen LogP contribution in [0.2, 0.25) is 5.02 Å². The molecule has 1 unspecified atom stereocenters. The van der Waals surface area contributed by atoms with E-state index in [4.69, 9.17) is 30.5 Å². The fraction of sp³-hybridized carbons (Fsp3) is 0.729. The maximum atomic E-state index is 14.5. The smallest absolute Gasteiger partial charge is 0.408 e. The van der Waals surface area contributed by atoms with Crippen LogP contribution < -0.4 is 47.9 Å². The number of amides is 8. The predicted octanol–water partition coefficient (Wildman–Crippen LogP) is 5.67. The number of unbranched alkanes of at least 4 members (excludes halogenated alkanes) is 1. The Labute approximate surface area is 495 Å². The fourth-order valence-electron chi connectivity index (χ4n) is 9.30. The van der Waals surface area contributed by atoms with Crippen molar-refractivity contribution < 1.29 is 66.9 Å². The molecule has 2 fully saturated rings. The highest BCUT2D eigenvalue weighted by Gasteiger charge is 2.35. The Morgan fingerprint density at radius 3 is 1.61 bits per heavy atom. The molecule has 1 heterocycles. The Morgan fingerprint density at radius 1 is 0.566 bits per heavy atom. The number of halogens is 1. The quantitative estimate of drug-likeness (QED) is 0.0239. The molecule has 468 valence electrons. The second-order valence-electron chi connectivity index (χ2n) is 24.1. The number of carbonyl (C=O) groups is 10. The minimum Gasteiger partial charge on any atom is -0.462 e. The predicted molar refractivity (Wildman–Crippen MR) is 312 cm³/mol. The zero-order valence-electron chi connectivity index (χ0n) is 50.8. The second-order valence-corrected chi connectivity index (χ2v) is 24.5. The lowest BCUT2D eigenvalue weighted by Crippen LogP contribution is -2.60. The van der Waals surface area contributed by atoms with E-state index in [2.05, 4.69) is 47.9 Å². The lowest BCUT2D eigenvalue weighted by atomic mass is 9.98. The molecule has 8 amide bonds. The first-order valence-electron chi connectivity index (χ1n) is 29.7. The number of esters is 2. The van der Waals surface area contributed by atoms with Gasteiger partial charge in [-0.25, -0.2) is 14.4 Å². The zero-order valence-corrected chi connectivity index (χ0v) is 51.5. The van der Waals surface area contributed by atoms with Crippen molar-refractivity contribution in [3.63, 3.8) is 0 Å². The Morgan fingerprint density at radius 2 is 1.07 bits per heavy atom. The average molecular weight is 1190 g/mol. The van der Waals surface area contributed by atoms with Crippen LogP contribution in [0.25, 0.3) is 0 Å². The van der Waals surface area contributed by atoms with E-state index in [0.717, 1.165) is 32.2 Å².